The monoisotopic (exact) mass is 385 g/mol. The van der Waals surface area contributed by atoms with E-state index in [1.807, 2.05) is 30.3 Å². The molecule has 1 N–H and O–H groups in total. The minimum atomic E-state index is -0.387. The van der Waals surface area contributed by atoms with Crippen molar-refractivity contribution in [3.05, 3.63) is 41.7 Å². The van der Waals surface area contributed by atoms with Crippen molar-refractivity contribution in [2.24, 2.45) is 0 Å². The Kier molecular flexibility index (Phi) is 9.89. The number of ketones is 1. The van der Waals surface area contributed by atoms with Gasteiger partial charge in [-0.25, -0.2) is 0 Å². The van der Waals surface area contributed by atoms with Gasteiger partial charge in [0.1, 0.15) is 0 Å². The van der Waals surface area contributed by atoms with Crippen molar-refractivity contribution in [1.29, 1.82) is 0 Å². The fourth-order valence-corrected chi connectivity index (χ4v) is 3.15. The largest absolute Gasteiger partial charge is 0.324 e. The summed E-state index contributed by atoms with van der Waals surface area (Å²) in [5, 5.41) is 13.2. The lowest BCUT2D eigenvalue weighted by atomic mass is 10.1. The Bertz CT molecular complexity index is 688. The van der Waals surface area contributed by atoms with Crippen LogP contribution in [-0.4, -0.2) is 43.8 Å². The summed E-state index contributed by atoms with van der Waals surface area (Å²) in [5.74, 6) is -0.337. The normalized spacial score (nSPS) is 10.8. The van der Waals surface area contributed by atoms with Gasteiger partial charge in [0.25, 0.3) is 11.7 Å². The molecule has 0 unspecified atom stereocenters. The average molecular weight is 386 g/mol. The molecular formula is C21H31N5O2. The number of carbonyl (C=O) groups is 2. The Labute approximate surface area is 166 Å². The van der Waals surface area contributed by atoms with Crippen molar-refractivity contribution in [3.8, 4) is 0 Å². The van der Waals surface area contributed by atoms with E-state index in [9.17, 15) is 9.59 Å². The Morgan fingerprint density at radius 3 is 2.29 bits per heavy atom. The van der Waals surface area contributed by atoms with Gasteiger partial charge in [-0.2, -0.15) is 5.21 Å². The number of H-pyrrole nitrogens is 1. The fraction of sp³-hybridized carbons (Fsp3) is 0.571. The number of amides is 1. The molecule has 1 heterocycles. The number of carbonyl (C=O) groups excluding carboxylic acids is 2. The van der Waals surface area contributed by atoms with Gasteiger partial charge in [-0.05, 0) is 17.2 Å². The summed E-state index contributed by atoms with van der Waals surface area (Å²) in [6.45, 7) is 2.63. The molecular weight excluding hydrogens is 354 g/mol. The van der Waals surface area contributed by atoms with Gasteiger partial charge in [-0.1, -0.05) is 82.2 Å². The lowest BCUT2D eigenvalue weighted by Gasteiger charge is -2.20. The van der Waals surface area contributed by atoms with Crippen LogP contribution in [-0.2, 0) is 11.3 Å². The molecule has 2 aromatic rings. The van der Waals surface area contributed by atoms with E-state index in [0.29, 0.717) is 13.0 Å². The van der Waals surface area contributed by atoms with Crippen LogP contribution in [0.25, 0.3) is 0 Å². The summed E-state index contributed by atoms with van der Waals surface area (Å²) < 4.78 is 0. The standard InChI is InChI=1S/C21H31N5O2/c1-2-3-4-5-6-7-8-12-15-19(27)17-26(16-18-13-10-9-11-14-18)21(28)20-22-24-25-23-20/h9-11,13-14H,2-8,12,15-17H2,1H3,(H,22,23,24,25). The number of hydrogen-bond donors (Lipinski definition) is 1. The van der Waals surface area contributed by atoms with Crippen LogP contribution < -0.4 is 0 Å². The molecule has 1 aromatic heterocycles. The van der Waals surface area contributed by atoms with E-state index in [1.54, 1.807) is 0 Å². The summed E-state index contributed by atoms with van der Waals surface area (Å²) in [6.07, 6.45) is 10.0. The number of hydrogen-bond acceptors (Lipinski definition) is 5. The second kappa shape index (κ2) is 12.8. The Morgan fingerprint density at radius 1 is 0.964 bits per heavy atom. The van der Waals surface area contributed by atoms with Gasteiger partial charge < -0.3 is 4.90 Å². The van der Waals surface area contributed by atoms with Crippen LogP contribution in [0.15, 0.2) is 30.3 Å². The minimum absolute atomic E-state index is 0.0178. The van der Waals surface area contributed by atoms with Crippen LogP contribution in [0.2, 0.25) is 0 Å². The first-order chi connectivity index (χ1) is 13.7. The highest BCUT2D eigenvalue weighted by atomic mass is 16.2. The predicted molar refractivity (Wildman–Crippen MR) is 108 cm³/mol. The zero-order valence-corrected chi connectivity index (χ0v) is 16.8. The average Bonchev–Trinajstić information content (AvgIpc) is 3.24. The molecule has 0 saturated heterocycles. The number of nitrogens with zero attached hydrogens (tertiary/aromatic N) is 4. The maximum Gasteiger partial charge on any atom is 0.296 e. The van der Waals surface area contributed by atoms with E-state index >= 15 is 0 Å². The summed E-state index contributed by atoms with van der Waals surface area (Å²) in [6, 6.07) is 9.60. The molecule has 0 atom stereocenters. The van der Waals surface area contributed by atoms with E-state index in [2.05, 4.69) is 27.5 Å². The van der Waals surface area contributed by atoms with Crippen LogP contribution >= 0.6 is 0 Å². The minimum Gasteiger partial charge on any atom is -0.324 e. The number of tetrazole rings is 1. The molecule has 0 fully saturated rings. The van der Waals surface area contributed by atoms with Gasteiger partial charge in [0.05, 0.1) is 6.54 Å². The zero-order valence-electron chi connectivity index (χ0n) is 16.8. The second-order valence-electron chi connectivity index (χ2n) is 7.15. The SMILES string of the molecule is CCCCCCCCCCC(=O)CN(Cc1ccccc1)C(=O)c1nn[nH]n1. The summed E-state index contributed by atoms with van der Waals surface area (Å²) >= 11 is 0. The van der Waals surface area contributed by atoms with Crippen LogP contribution in [0.3, 0.4) is 0 Å². The highest BCUT2D eigenvalue weighted by Crippen LogP contribution is 2.12. The van der Waals surface area contributed by atoms with Gasteiger partial charge >= 0.3 is 0 Å². The number of rotatable bonds is 14. The van der Waals surface area contributed by atoms with Crippen LogP contribution in [0.5, 0.6) is 0 Å². The molecule has 7 heteroatoms. The molecule has 0 spiro atoms. The number of nitrogens with one attached hydrogen (secondary N) is 1. The maximum atomic E-state index is 12.6. The summed E-state index contributed by atoms with van der Waals surface area (Å²) in [7, 11) is 0. The van der Waals surface area contributed by atoms with Crippen LogP contribution in [0.1, 0.15) is 80.9 Å². The van der Waals surface area contributed by atoms with Gasteiger partial charge in [0.15, 0.2) is 5.78 Å². The predicted octanol–water partition coefficient (Wildman–Crippen LogP) is 3.94. The van der Waals surface area contributed by atoms with Gasteiger partial charge in [0.2, 0.25) is 0 Å². The molecule has 0 bridgehead atoms. The van der Waals surface area contributed by atoms with E-state index in [1.165, 1.54) is 43.4 Å². The molecule has 2 rings (SSSR count). The first-order valence-corrected chi connectivity index (χ1v) is 10.3. The van der Waals surface area contributed by atoms with E-state index in [0.717, 1.165) is 18.4 Å². The van der Waals surface area contributed by atoms with Crippen LogP contribution in [0, 0.1) is 0 Å². The molecule has 28 heavy (non-hydrogen) atoms. The molecule has 0 aliphatic heterocycles. The molecule has 1 aromatic carbocycles. The molecule has 0 aliphatic carbocycles. The molecule has 1 amide bonds. The number of unbranched alkanes of at least 4 members (excludes halogenated alkanes) is 7. The maximum absolute atomic E-state index is 12.6. The first-order valence-electron chi connectivity index (χ1n) is 10.3. The van der Waals surface area contributed by atoms with Crippen molar-refractivity contribution >= 4 is 11.7 Å². The molecule has 0 radical (unpaired) electrons. The van der Waals surface area contributed by atoms with Crippen molar-refractivity contribution in [2.75, 3.05) is 6.54 Å². The second-order valence-corrected chi connectivity index (χ2v) is 7.15. The number of benzene rings is 1. The van der Waals surface area contributed by atoms with Crippen molar-refractivity contribution in [3.63, 3.8) is 0 Å². The highest BCUT2D eigenvalue weighted by molar-refractivity contribution is 5.93. The Morgan fingerprint density at radius 2 is 1.64 bits per heavy atom. The Balaban J connectivity index is 1.79. The lowest BCUT2D eigenvalue weighted by molar-refractivity contribution is -0.120. The van der Waals surface area contributed by atoms with Crippen molar-refractivity contribution in [1.82, 2.24) is 25.5 Å². The van der Waals surface area contributed by atoms with Crippen molar-refractivity contribution in [2.45, 2.75) is 71.3 Å². The zero-order chi connectivity index (χ0) is 20.0. The van der Waals surface area contributed by atoms with E-state index in [-0.39, 0.29) is 24.1 Å². The molecule has 7 nitrogen and oxygen atoms in total. The first kappa shape index (κ1) is 21.7. The van der Waals surface area contributed by atoms with E-state index in [4.69, 9.17) is 0 Å². The van der Waals surface area contributed by atoms with Gasteiger partial charge in [0, 0.05) is 13.0 Å². The quantitative estimate of drug-likeness (QED) is 0.497. The molecule has 0 saturated carbocycles. The number of aromatic amines is 1. The lowest BCUT2D eigenvalue weighted by Crippen LogP contribution is -2.36. The third-order valence-electron chi connectivity index (χ3n) is 4.72. The topological polar surface area (TPSA) is 91.8 Å². The van der Waals surface area contributed by atoms with Gasteiger partial charge in [-0.15, -0.1) is 10.2 Å². The molecule has 152 valence electrons. The third kappa shape index (κ3) is 7.98. The van der Waals surface area contributed by atoms with Gasteiger partial charge in [-0.3, -0.25) is 9.59 Å². The summed E-state index contributed by atoms with van der Waals surface area (Å²) in [5.41, 5.74) is 0.958. The highest BCUT2D eigenvalue weighted by Gasteiger charge is 2.22. The number of Topliss-reactive ketones (excluding diaryl/α,β-unsaturated/α-hetero) is 1. The smallest absolute Gasteiger partial charge is 0.296 e. The van der Waals surface area contributed by atoms with Crippen LogP contribution in [0.4, 0.5) is 0 Å². The molecule has 0 aliphatic rings. The van der Waals surface area contributed by atoms with E-state index < -0.39 is 0 Å². The Hall–Kier alpha value is -2.57. The van der Waals surface area contributed by atoms with Crippen molar-refractivity contribution < 1.29 is 9.59 Å². The summed E-state index contributed by atoms with van der Waals surface area (Å²) in [4.78, 5) is 26.6. The number of aromatic nitrogens is 4. The fourth-order valence-electron chi connectivity index (χ4n) is 3.15. The third-order valence-corrected chi connectivity index (χ3v) is 4.72.